The molecule has 160 valence electrons. The van der Waals surface area contributed by atoms with Crippen molar-refractivity contribution in [1.82, 2.24) is 5.32 Å². The van der Waals surface area contributed by atoms with E-state index in [4.69, 9.17) is 4.74 Å². The molecule has 8 nitrogen and oxygen atoms in total. The zero-order valence-corrected chi connectivity index (χ0v) is 17.7. The largest absolute Gasteiger partial charge is 0.376 e. The van der Waals surface area contributed by atoms with Gasteiger partial charge in [-0.1, -0.05) is 18.2 Å². The Bertz CT molecular complexity index is 1030. The second-order valence-corrected chi connectivity index (χ2v) is 9.14. The van der Waals surface area contributed by atoms with Crippen LogP contribution in [0.4, 0.5) is 11.4 Å². The Morgan fingerprint density at radius 1 is 1.13 bits per heavy atom. The Morgan fingerprint density at radius 3 is 2.60 bits per heavy atom. The van der Waals surface area contributed by atoms with Crippen molar-refractivity contribution in [1.29, 1.82) is 0 Å². The number of benzene rings is 2. The summed E-state index contributed by atoms with van der Waals surface area (Å²) in [4.78, 5) is 25.4. The molecule has 0 radical (unpaired) electrons. The highest BCUT2D eigenvalue weighted by atomic mass is 32.2. The summed E-state index contributed by atoms with van der Waals surface area (Å²) < 4.78 is 30.1. The van der Waals surface area contributed by atoms with Gasteiger partial charge in [-0.3, -0.25) is 13.9 Å². The van der Waals surface area contributed by atoms with Crippen LogP contribution in [0.3, 0.4) is 0 Å². The second kappa shape index (κ2) is 9.27. The molecule has 0 bridgehead atoms. The van der Waals surface area contributed by atoms with E-state index in [1.165, 1.54) is 13.1 Å². The molecule has 1 heterocycles. The molecule has 2 amide bonds. The van der Waals surface area contributed by atoms with Crippen LogP contribution in [0.25, 0.3) is 0 Å². The van der Waals surface area contributed by atoms with Gasteiger partial charge in [-0.05, 0) is 43.2 Å². The minimum absolute atomic E-state index is 0.0188. The number of hydrogen-bond acceptors (Lipinski definition) is 5. The lowest BCUT2D eigenvalue weighted by Crippen LogP contribution is -2.32. The van der Waals surface area contributed by atoms with E-state index < -0.39 is 15.9 Å². The Balaban J connectivity index is 1.73. The zero-order chi connectivity index (χ0) is 21.7. The van der Waals surface area contributed by atoms with E-state index in [1.54, 1.807) is 42.5 Å². The molecule has 1 saturated heterocycles. The number of nitrogens with zero attached hydrogens (tertiary/aromatic N) is 1. The van der Waals surface area contributed by atoms with Gasteiger partial charge in [0.2, 0.25) is 10.0 Å². The highest BCUT2D eigenvalue weighted by Gasteiger charge is 2.19. The third kappa shape index (κ3) is 5.37. The maximum Gasteiger partial charge on any atom is 0.255 e. The fourth-order valence-electron chi connectivity index (χ4n) is 3.13. The molecule has 1 aliphatic heterocycles. The van der Waals surface area contributed by atoms with Crippen molar-refractivity contribution >= 4 is 33.2 Å². The summed E-state index contributed by atoms with van der Waals surface area (Å²) in [6.45, 7) is 1.13. The predicted molar refractivity (Wildman–Crippen MR) is 115 cm³/mol. The molecule has 1 unspecified atom stereocenters. The molecule has 0 aromatic heterocycles. The lowest BCUT2D eigenvalue weighted by atomic mass is 10.1. The molecular formula is C21H25N3O5S. The first-order valence-electron chi connectivity index (χ1n) is 9.60. The Labute approximate surface area is 176 Å². The summed E-state index contributed by atoms with van der Waals surface area (Å²) >= 11 is 0. The summed E-state index contributed by atoms with van der Waals surface area (Å²) in [6.07, 6.45) is 3.01. The van der Waals surface area contributed by atoms with E-state index in [-0.39, 0.29) is 17.6 Å². The number of ether oxygens (including phenoxy) is 1. The topological polar surface area (TPSA) is 105 Å². The SMILES string of the molecule is CN(c1cccc(C(=O)Nc2ccccc2C(=O)NCC2CCCO2)c1)S(C)(=O)=O. The Hall–Kier alpha value is -2.91. The van der Waals surface area contributed by atoms with Crippen LogP contribution in [0.2, 0.25) is 0 Å². The van der Waals surface area contributed by atoms with Crippen LogP contribution in [0.1, 0.15) is 33.6 Å². The van der Waals surface area contributed by atoms with Crippen molar-refractivity contribution in [3.05, 3.63) is 59.7 Å². The number of carbonyl (C=O) groups is 2. The number of sulfonamides is 1. The average molecular weight is 432 g/mol. The zero-order valence-electron chi connectivity index (χ0n) is 16.9. The van der Waals surface area contributed by atoms with Crippen molar-refractivity contribution in [2.45, 2.75) is 18.9 Å². The molecule has 1 atom stereocenters. The lowest BCUT2D eigenvalue weighted by molar-refractivity contribution is 0.0858. The first kappa shape index (κ1) is 21.8. The van der Waals surface area contributed by atoms with Gasteiger partial charge in [-0.2, -0.15) is 0 Å². The normalized spacial score (nSPS) is 16.1. The molecule has 2 aromatic carbocycles. The summed E-state index contributed by atoms with van der Waals surface area (Å²) in [5, 5.41) is 5.59. The third-order valence-electron chi connectivity index (χ3n) is 4.90. The predicted octanol–water partition coefficient (Wildman–Crippen LogP) is 2.24. The van der Waals surface area contributed by atoms with Crippen LogP contribution in [0.15, 0.2) is 48.5 Å². The molecule has 0 saturated carbocycles. The van der Waals surface area contributed by atoms with Crippen LogP contribution in [-0.2, 0) is 14.8 Å². The second-order valence-electron chi connectivity index (χ2n) is 7.13. The molecule has 1 fully saturated rings. The summed E-state index contributed by atoms with van der Waals surface area (Å²) in [6, 6.07) is 13.0. The standard InChI is InChI=1S/C21H25N3O5S/c1-24(30(2,27)28)16-8-5-7-15(13-16)20(25)23-19-11-4-3-10-18(19)21(26)22-14-17-9-6-12-29-17/h3-5,7-8,10-11,13,17H,6,9,12,14H2,1-2H3,(H,22,26)(H,23,25). The molecule has 1 aliphatic rings. The molecule has 2 aromatic rings. The van der Waals surface area contributed by atoms with E-state index in [2.05, 4.69) is 10.6 Å². The molecule has 9 heteroatoms. The van der Waals surface area contributed by atoms with Crippen molar-refractivity contribution in [3.8, 4) is 0 Å². The van der Waals surface area contributed by atoms with E-state index in [9.17, 15) is 18.0 Å². The van der Waals surface area contributed by atoms with Gasteiger partial charge in [0.15, 0.2) is 0 Å². The fourth-order valence-corrected chi connectivity index (χ4v) is 3.62. The highest BCUT2D eigenvalue weighted by Crippen LogP contribution is 2.20. The molecule has 30 heavy (non-hydrogen) atoms. The monoisotopic (exact) mass is 431 g/mol. The number of para-hydroxylation sites is 1. The van der Waals surface area contributed by atoms with Gasteiger partial charge in [-0.15, -0.1) is 0 Å². The first-order chi connectivity index (χ1) is 14.3. The molecule has 3 rings (SSSR count). The van der Waals surface area contributed by atoms with Crippen molar-refractivity contribution in [3.63, 3.8) is 0 Å². The van der Waals surface area contributed by atoms with E-state index >= 15 is 0 Å². The van der Waals surface area contributed by atoms with Gasteiger partial charge in [-0.25, -0.2) is 8.42 Å². The van der Waals surface area contributed by atoms with E-state index in [0.29, 0.717) is 30.1 Å². The number of amides is 2. The quantitative estimate of drug-likeness (QED) is 0.700. The Kier molecular flexibility index (Phi) is 6.73. The minimum atomic E-state index is -3.45. The third-order valence-corrected chi connectivity index (χ3v) is 6.11. The number of anilines is 2. The molecule has 0 aliphatic carbocycles. The van der Waals surface area contributed by atoms with Gasteiger partial charge in [0.05, 0.1) is 29.3 Å². The maximum atomic E-state index is 12.7. The van der Waals surface area contributed by atoms with Crippen LogP contribution in [0.5, 0.6) is 0 Å². The highest BCUT2D eigenvalue weighted by molar-refractivity contribution is 7.92. The van der Waals surface area contributed by atoms with Crippen LogP contribution >= 0.6 is 0 Å². The van der Waals surface area contributed by atoms with E-state index in [0.717, 1.165) is 23.4 Å². The summed E-state index contributed by atoms with van der Waals surface area (Å²) in [5.41, 5.74) is 1.35. The summed E-state index contributed by atoms with van der Waals surface area (Å²) in [7, 11) is -2.03. The minimum Gasteiger partial charge on any atom is -0.376 e. The Morgan fingerprint density at radius 2 is 1.90 bits per heavy atom. The van der Waals surface area contributed by atoms with Crippen LogP contribution in [0, 0.1) is 0 Å². The molecular weight excluding hydrogens is 406 g/mol. The fraction of sp³-hybridized carbons (Fsp3) is 0.333. The average Bonchev–Trinajstić information content (AvgIpc) is 3.25. The number of rotatable bonds is 7. The van der Waals surface area contributed by atoms with Crippen molar-refractivity contribution in [2.24, 2.45) is 0 Å². The molecule has 2 N–H and O–H groups in total. The van der Waals surface area contributed by atoms with Gasteiger partial charge in [0.1, 0.15) is 0 Å². The smallest absolute Gasteiger partial charge is 0.255 e. The van der Waals surface area contributed by atoms with Gasteiger partial charge >= 0.3 is 0 Å². The maximum absolute atomic E-state index is 12.7. The van der Waals surface area contributed by atoms with Gasteiger partial charge < -0.3 is 15.4 Å². The first-order valence-corrected chi connectivity index (χ1v) is 11.4. The summed E-state index contributed by atoms with van der Waals surface area (Å²) in [5.74, 6) is -0.745. The van der Waals surface area contributed by atoms with Crippen molar-refractivity contribution in [2.75, 3.05) is 36.1 Å². The van der Waals surface area contributed by atoms with Gasteiger partial charge in [0, 0.05) is 25.8 Å². The number of nitrogens with one attached hydrogen (secondary N) is 2. The van der Waals surface area contributed by atoms with E-state index in [1.807, 2.05) is 0 Å². The lowest BCUT2D eigenvalue weighted by Gasteiger charge is -2.17. The van der Waals surface area contributed by atoms with Gasteiger partial charge in [0.25, 0.3) is 11.8 Å². The molecule has 0 spiro atoms. The number of carbonyl (C=O) groups excluding carboxylic acids is 2. The number of hydrogen-bond donors (Lipinski definition) is 2. The van der Waals surface area contributed by atoms with Crippen LogP contribution in [-0.4, -0.2) is 52.8 Å². The van der Waals surface area contributed by atoms with Crippen molar-refractivity contribution < 1.29 is 22.7 Å². The van der Waals surface area contributed by atoms with Crippen LogP contribution < -0.4 is 14.9 Å².